The van der Waals surface area contributed by atoms with Crippen molar-refractivity contribution < 1.29 is 9.53 Å². The van der Waals surface area contributed by atoms with E-state index in [1.807, 2.05) is 25.1 Å². The molecular weight excluding hydrogens is 206 g/mol. The summed E-state index contributed by atoms with van der Waals surface area (Å²) in [5.41, 5.74) is 2.05. The first-order chi connectivity index (χ1) is 7.65. The van der Waals surface area contributed by atoms with Gasteiger partial charge in [0.15, 0.2) is 0 Å². The van der Waals surface area contributed by atoms with Crippen LogP contribution in [0.3, 0.4) is 0 Å². The molecule has 0 aliphatic rings. The number of rotatable bonds is 2. The Morgan fingerprint density at radius 1 is 1.50 bits per heavy atom. The number of pyridine rings is 1. The first-order valence-corrected chi connectivity index (χ1v) is 4.87. The van der Waals surface area contributed by atoms with E-state index in [2.05, 4.69) is 9.97 Å². The number of nitrogens with one attached hydrogen (secondary N) is 1. The Bertz CT molecular complexity index is 531. The van der Waals surface area contributed by atoms with Gasteiger partial charge in [-0.25, -0.2) is 9.78 Å². The number of aromatic nitrogens is 2. The molecule has 1 N–H and O–H groups in total. The Morgan fingerprint density at radius 2 is 2.25 bits per heavy atom. The van der Waals surface area contributed by atoms with Gasteiger partial charge in [0.1, 0.15) is 11.2 Å². The van der Waals surface area contributed by atoms with E-state index in [-0.39, 0.29) is 5.97 Å². The number of hydrogen-bond donors (Lipinski definition) is 1. The first-order valence-electron chi connectivity index (χ1n) is 4.87. The van der Waals surface area contributed by atoms with Crippen LogP contribution in [0.4, 0.5) is 5.69 Å². The van der Waals surface area contributed by atoms with Gasteiger partial charge in [0.25, 0.3) is 0 Å². The van der Waals surface area contributed by atoms with Gasteiger partial charge in [0, 0.05) is 31.9 Å². The van der Waals surface area contributed by atoms with Crippen molar-refractivity contribution in [1.29, 1.82) is 0 Å². The summed E-state index contributed by atoms with van der Waals surface area (Å²) in [5, 5.41) is 0.910. The molecule has 0 aromatic carbocycles. The fourth-order valence-electron chi connectivity index (χ4n) is 1.73. The molecule has 0 bridgehead atoms. The normalized spacial score (nSPS) is 10.4. The zero-order chi connectivity index (χ0) is 11.7. The van der Waals surface area contributed by atoms with E-state index < -0.39 is 0 Å². The van der Waals surface area contributed by atoms with Crippen LogP contribution in [0.15, 0.2) is 18.5 Å². The highest BCUT2D eigenvalue weighted by atomic mass is 16.5. The topological polar surface area (TPSA) is 58.2 Å². The number of hydrogen-bond acceptors (Lipinski definition) is 4. The molecule has 84 valence electrons. The molecule has 2 heterocycles. The SMILES string of the molecule is COC(=O)c1cnc2[nH]ccc2c1N(C)C. The van der Waals surface area contributed by atoms with E-state index in [1.165, 1.54) is 13.3 Å². The van der Waals surface area contributed by atoms with Crippen LogP contribution in [-0.4, -0.2) is 37.1 Å². The second kappa shape index (κ2) is 3.84. The Hall–Kier alpha value is -2.04. The average Bonchev–Trinajstić information content (AvgIpc) is 2.73. The van der Waals surface area contributed by atoms with E-state index >= 15 is 0 Å². The lowest BCUT2D eigenvalue weighted by atomic mass is 10.1. The van der Waals surface area contributed by atoms with Gasteiger partial charge in [0.05, 0.1) is 12.8 Å². The minimum atomic E-state index is -0.376. The maximum Gasteiger partial charge on any atom is 0.341 e. The van der Waals surface area contributed by atoms with Crippen molar-refractivity contribution in [1.82, 2.24) is 9.97 Å². The number of carbonyl (C=O) groups is 1. The number of ether oxygens (including phenoxy) is 1. The molecule has 0 unspecified atom stereocenters. The van der Waals surface area contributed by atoms with Gasteiger partial charge in [0.2, 0.25) is 0 Å². The fraction of sp³-hybridized carbons (Fsp3) is 0.273. The summed E-state index contributed by atoms with van der Waals surface area (Å²) in [4.78, 5) is 20.7. The Kier molecular flexibility index (Phi) is 2.52. The van der Waals surface area contributed by atoms with E-state index in [0.29, 0.717) is 5.56 Å². The number of esters is 1. The Balaban J connectivity index is 2.73. The molecule has 5 heteroatoms. The maximum atomic E-state index is 11.6. The summed E-state index contributed by atoms with van der Waals surface area (Å²) < 4.78 is 4.74. The van der Waals surface area contributed by atoms with Gasteiger partial charge in [-0.05, 0) is 6.07 Å². The molecule has 0 saturated heterocycles. The van der Waals surface area contributed by atoms with E-state index in [9.17, 15) is 4.79 Å². The van der Waals surface area contributed by atoms with Crippen molar-refractivity contribution in [3.05, 3.63) is 24.0 Å². The second-order valence-electron chi connectivity index (χ2n) is 3.65. The fourth-order valence-corrected chi connectivity index (χ4v) is 1.73. The molecule has 2 aromatic rings. The predicted molar refractivity (Wildman–Crippen MR) is 61.8 cm³/mol. The first kappa shape index (κ1) is 10.5. The van der Waals surface area contributed by atoms with Gasteiger partial charge in [-0.15, -0.1) is 0 Å². The molecule has 0 aliphatic carbocycles. The highest BCUT2D eigenvalue weighted by Crippen LogP contribution is 2.27. The number of fused-ring (bicyclic) bond motifs is 1. The molecule has 0 atom stereocenters. The van der Waals surface area contributed by atoms with Gasteiger partial charge in [-0.2, -0.15) is 0 Å². The summed E-state index contributed by atoms with van der Waals surface area (Å²) in [6, 6.07) is 1.89. The zero-order valence-corrected chi connectivity index (χ0v) is 9.44. The van der Waals surface area contributed by atoms with Crippen molar-refractivity contribution in [3.8, 4) is 0 Å². The third kappa shape index (κ3) is 1.50. The molecular formula is C11H13N3O2. The van der Waals surface area contributed by atoms with Gasteiger partial charge < -0.3 is 14.6 Å². The average molecular weight is 219 g/mol. The lowest BCUT2D eigenvalue weighted by Crippen LogP contribution is -2.15. The molecule has 0 aliphatic heterocycles. The van der Waals surface area contributed by atoms with Crippen LogP contribution in [0.1, 0.15) is 10.4 Å². The highest BCUT2D eigenvalue weighted by molar-refractivity contribution is 6.04. The lowest BCUT2D eigenvalue weighted by molar-refractivity contribution is 0.0601. The van der Waals surface area contributed by atoms with Crippen LogP contribution < -0.4 is 4.90 Å². The molecule has 0 fully saturated rings. The highest BCUT2D eigenvalue weighted by Gasteiger charge is 2.17. The van der Waals surface area contributed by atoms with Crippen LogP contribution in [0.5, 0.6) is 0 Å². The van der Waals surface area contributed by atoms with Crippen molar-refractivity contribution in [3.63, 3.8) is 0 Å². The number of nitrogens with zero attached hydrogens (tertiary/aromatic N) is 2. The largest absolute Gasteiger partial charge is 0.465 e. The molecule has 0 saturated carbocycles. The summed E-state index contributed by atoms with van der Waals surface area (Å²) in [6.45, 7) is 0. The van der Waals surface area contributed by atoms with Gasteiger partial charge in [-0.1, -0.05) is 0 Å². The van der Waals surface area contributed by atoms with Gasteiger partial charge in [-0.3, -0.25) is 0 Å². The van der Waals surface area contributed by atoms with Crippen LogP contribution in [0.25, 0.3) is 11.0 Å². The number of aromatic amines is 1. The summed E-state index contributed by atoms with van der Waals surface area (Å²) in [7, 11) is 5.13. The van der Waals surface area contributed by atoms with Crippen LogP contribution in [0.2, 0.25) is 0 Å². The van der Waals surface area contributed by atoms with E-state index in [0.717, 1.165) is 16.7 Å². The summed E-state index contributed by atoms with van der Waals surface area (Å²) in [5.74, 6) is -0.376. The zero-order valence-electron chi connectivity index (χ0n) is 9.44. The third-order valence-corrected chi connectivity index (χ3v) is 2.41. The van der Waals surface area contributed by atoms with Crippen LogP contribution >= 0.6 is 0 Å². The minimum absolute atomic E-state index is 0.376. The summed E-state index contributed by atoms with van der Waals surface area (Å²) in [6.07, 6.45) is 3.33. The van der Waals surface area contributed by atoms with Gasteiger partial charge >= 0.3 is 5.97 Å². The van der Waals surface area contributed by atoms with Crippen molar-refractivity contribution in [2.75, 3.05) is 26.1 Å². The molecule has 0 spiro atoms. The number of carbonyl (C=O) groups excluding carboxylic acids is 1. The van der Waals surface area contributed by atoms with E-state index in [1.54, 1.807) is 6.20 Å². The quantitative estimate of drug-likeness (QED) is 0.776. The van der Waals surface area contributed by atoms with Crippen molar-refractivity contribution in [2.45, 2.75) is 0 Å². The van der Waals surface area contributed by atoms with E-state index in [4.69, 9.17) is 4.74 Å². The Labute approximate surface area is 93.0 Å². The van der Waals surface area contributed by atoms with Crippen molar-refractivity contribution >= 4 is 22.7 Å². The lowest BCUT2D eigenvalue weighted by Gasteiger charge is -2.16. The number of methoxy groups -OCH3 is 1. The molecule has 0 radical (unpaired) electrons. The molecule has 2 rings (SSSR count). The maximum absolute atomic E-state index is 11.6. The van der Waals surface area contributed by atoms with Crippen LogP contribution in [-0.2, 0) is 4.74 Å². The monoisotopic (exact) mass is 219 g/mol. The molecule has 16 heavy (non-hydrogen) atoms. The molecule has 5 nitrogen and oxygen atoms in total. The number of H-pyrrole nitrogens is 1. The smallest absolute Gasteiger partial charge is 0.341 e. The second-order valence-corrected chi connectivity index (χ2v) is 3.65. The minimum Gasteiger partial charge on any atom is -0.465 e. The van der Waals surface area contributed by atoms with Crippen LogP contribution in [0, 0.1) is 0 Å². The predicted octanol–water partition coefficient (Wildman–Crippen LogP) is 1.42. The summed E-state index contributed by atoms with van der Waals surface area (Å²) >= 11 is 0. The Morgan fingerprint density at radius 3 is 2.88 bits per heavy atom. The molecule has 2 aromatic heterocycles. The van der Waals surface area contributed by atoms with Crippen molar-refractivity contribution in [2.24, 2.45) is 0 Å². The molecule has 0 amide bonds. The third-order valence-electron chi connectivity index (χ3n) is 2.41. The number of anilines is 1. The standard InChI is InChI=1S/C11H13N3O2/c1-14(2)9-7-4-5-12-10(7)13-6-8(9)11(15)16-3/h4-6H,1-3H3,(H,12,13).